The zero-order valence-electron chi connectivity index (χ0n) is 9.70. The molecule has 0 aliphatic carbocycles. The topological polar surface area (TPSA) is 24.4 Å². The number of hydrazone groups is 1. The molecule has 0 unspecified atom stereocenters. The van der Waals surface area contributed by atoms with Crippen molar-refractivity contribution in [2.24, 2.45) is 5.10 Å². The Morgan fingerprint density at radius 3 is 2.71 bits per heavy atom. The van der Waals surface area contributed by atoms with Crippen molar-refractivity contribution in [1.29, 1.82) is 0 Å². The maximum absolute atomic E-state index is 6.03. The lowest BCUT2D eigenvalue weighted by atomic mass is 10.2. The molecule has 0 fully saturated rings. The molecule has 0 bridgehead atoms. The van der Waals surface area contributed by atoms with Crippen LogP contribution in [0.2, 0.25) is 5.02 Å². The van der Waals surface area contributed by atoms with Crippen LogP contribution in [-0.2, 0) is 0 Å². The van der Waals surface area contributed by atoms with Crippen LogP contribution in [-0.4, -0.2) is 6.21 Å². The van der Waals surface area contributed by atoms with Gasteiger partial charge in [0.15, 0.2) is 0 Å². The first kappa shape index (κ1) is 12.1. The van der Waals surface area contributed by atoms with Gasteiger partial charge in [0.05, 0.1) is 11.9 Å². The third-order valence-electron chi connectivity index (χ3n) is 2.45. The second-order valence-corrected chi connectivity index (χ2v) is 5.16. The highest BCUT2D eigenvalue weighted by Gasteiger charge is 1.97. The maximum atomic E-state index is 6.03. The van der Waals surface area contributed by atoms with E-state index in [2.05, 4.69) is 28.9 Å². The van der Waals surface area contributed by atoms with Crippen molar-refractivity contribution >= 4 is 34.8 Å². The molecule has 1 aromatic heterocycles. The van der Waals surface area contributed by atoms with Gasteiger partial charge in [0.1, 0.15) is 0 Å². The highest BCUT2D eigenvalue weighted by molar-refractivity contribution is 7.11. The second kappa shape index (κ2) is 5.34. The smallest absolute Gasteiger partial charge is 0.0647 e. The minimum absolute atomic E-state index is 0.748. The van der Waals surface area contributed by atoms with E-state index < -0.39 is 0 Å². The van der Waals surface area contributed by atoms with Gasteiger partial charge in [0, 0.05) is 9.90 Å². The van der Waals surface area contributed by atoms with E-state index in [4.69, 9.17) is 11.6 Å². The number of anilines is 1. The molecular weight excluding hydrogens is 252 g/mol. The summed E-state index contributed by atoms with van der Waals surface area (Å²) >= 11 is 7.70. The molecule has 0 atom stereocenters. The van der Waals surface area contributed by atoms with E-state index in [0.29, 0.717) is 0 Å². The standard InChI is InChI=1S/C13H13ClN2S/c1-9-3-4-11(7-12(9)14)16-15-8-13-10(2)5-6-17-13/h3-8,16H,1-2H3/b15-8-. The molecule has 0 amide bonds. The minimum atomic E-state index is 0.748. The van der Waals surface area contributed by atoms with Gasteiger partial charge in [-0.2, -0.15) is 5.10 Å². The van der Waals surface area contributed by atoms with E-state index in [1.54, 1.807) is 11.3 Å². The lowest BCUT2D eigenvalue weighted by Gasteiger charge is -2.02. The zero-order chi connectivity index (χ0) is 12.3. The quantitative estimate of drug-likeness (QED) is 0.642. The number of aryl methyl sites for hydroxylation is 2. The molecule has 2 aromatic rings. The molecule has 0 saturated heterocycles. The van der Waals surface area contributed by atoms with E-state index in [1.807, 2.05) is 31.3 Å². The Balaban J connectivity index is 2.05. The lowest BCUT2D eigenvalue weighted by molar-refractivity contribution is 1.34. The summed E-state index contributed by atoms with van der Waals surface area (Å²) in [5.74, 6) is 0. The molecule has 1 heterocycles. The van der Waals surface area contributed by atoms with Crippen LogP contribution in [0.15, 0.2) is 34.7 Å². The van der Waals surface area contributed by atoms with Crippen LogP contribution >= 0.6 is 22.9 Å². The fraction of sp³-hybridized carbons (Fsp3) is 0.154. The van der Waals surface area contributed by atoms with Crippen molar-refractivity contribution in [2.45, 2.75) is 13.8 Å². The number of hydrogen-bond donors (Lipinski definition) is 1. The lowest BCUT2D eigenvalue weighted by Crippen LogP contribution is -1.90. The number of benzene rings is 1. The first-order valence-corrected chi connectivity index (χ1v) is 6.52. The number of hydrogen-bond acceptors (Lipinski definition) is 3. The predicted molar refractivity (Wildman–Crippen MR) is 76.5 cm³/mol. The van der Waals surface area contributed by atoms with Crippen LogP contribution < -0.4 is 5.43 Å². The van der Waals surface area contributed by atoms with Gasteiger partial charge in [-0.25, -0.2) is 0 Å². The Labute approximate surface area is 110 Å². The van der Waals surface area contributed by atoms with Crippen molar-refractivity contribution in [2.75, 3.05) is 5.43 Å². The number of nitrogens with zero attached hydrogens (tertiary/aromatic N) is 1. The number of rotatable bonds is 3. The molecule has 88 valence electrons. The van der Waals surface area contributed by atoms with Crippen LogP contribution in [0.5, 0.6) is 0 Å². The first-order valence-electron chi connectivity index (χ1n) is 5.26. The van der Waals surface area contributed by atoms with Gasteiger partial charge in [0.2, 0.25) is 0 Å². The van der Waals surface area contributed by atoms with E-state index >= 15 is 0 Å². The number of thiophene rings is 1. The van der Waals surface area contributed by atoms with Gasteiger partial charge < -0.3 is 0 Å². The van der Waals surface area contributed by atoms with Crippen molar-refractivity contribution in [3.05, 3.63) is 50.7 Å². The van der Waals surface area contributed by atoms with Crippen LogP contribution in [0.25, 0.3) is 0 Å². The molecule has 0 aliphatic heterocycles. The Bertz CT molecular complexity index is 546. The average Bonchev–Trinajstić information content (AvgIpc) is 2.70. The highest BCUT2D eigenvalue weighted by Crippen LogP contribution is 2.20. The molecular formula is C13H13ClN2S. The SMILES string of the molecule is Cc1ccc(N/N=C\c2sccc2C)cc1Cl. The average molecular weight is 265 g/mol. The fourth-order valence-electron chi connectivity index (χ4n) is 1.34. The normalized spacial score (nSPS) is 11.0. The molecule has 4 heteroatoms. The van der Waals surface area contributed by atoms with E-state index in [0.717, 1.165) is 21.2 Å². The molecule has 0 saturated carbocycles. The largest absolute Gasteiger partial charge is 0.278 e. The maximum Gasteiger partial charge on any atom is 0.0647 e. The van der Waals surface area contributed by atoms with Crippen molar-refractivity contribution in [3.8, 4) is 0 Å². The molecule has 0 aliphatic rings. The Morgan fingerprint density at radius 2 is 2.06 bits per heavy atom. The summed E-state index contributed by atoms with van der Waals surface area (Å²) in [7, 11) is 0. The molecule has 2 nitrogen and oxygen atoms in total. The third kappa shape index (κ3) is 3.08. The molecule has 2 rings (SSSR count). The van der Waals surface area contributed by atoms with Crippen LogP contribution in [0.3, 0.4) is 0 Å². The molecule has 0 radical (unpaired) electrons. The van der Waals surface area contributed by atoms with Crippen molar-refractivity contribution in [1.82, 2.24) is 0 Å². The van der Waals surface area contributed by atoms with Crippen molar-refractivity contribution in [3.63, 3.8) is 0 Å². The summed E-state index contributed by atoms with van der Waals surface area (Å²) in [6.07, 6.45) is 1.83. The predicted octanol–water partition coefficient (Wildman–Crippen LogP) is 4.46. The van der Waals surface area contributed by atoms with Crippen LogP contribution in [0.4, 0.5) is 5.69 Å². The summed E-state index contributed by atoms with van der Waals surface area (Å²) in [6, 6.07) is 7.88. The Hall–Kier alpha value is -1.32. The van der Waals surface area contributed by atoms with E-state index in [1.165, 1.54) is 5.56 Å². The van der Waals surface area contributed by atoms with Gasteiger partial charge in [-0.1, -0.05) is 17.7 Å². The highest BCUT2D eigenvalue weighted by atomic mass is 35.5. The number of nitrogens with one attached hydrogen (secondary N) is 1. The monoisotopic (exact) mass is 264 g/mol. The Morgan fingerprint density at radius 1 is 1.24 bits per heavy atom. The van der Waals surface area contributed by atoms with E-state index in [-0.39, 0.29) is 0 Å². The summed E-state index contributed by atoms with van der Waals surface area (Å²) in [5, 5.41) is 7.00. The van der Waals surface area contributed by atoms with Gasteiger partial charge in [-0.05, 0) is 48.6 Å². The molecule has 17 heavy (non-hydrogen) atoms. The van der Waals surface area contributed by atoms with Gasteiger partial charge in [-0.3, -0.25) is 5.43 Å². The first-order chi connectivity index (χ1) is 8.16. The summed E-state index contributed by atoms with van der Waals surface area (Å²) in [5.41, 5.74) is 6.17. The summed E-state index contributed by atoms with van der Waals surface area (Å²) < 4.78 is 0. The molecule has 1 aromatic carbocycles. The van der Waals surface area contributed by atoms with Crippen molar-refractivity contribution < 1.29 is 0 Å². The van der Waals surface area contributed by atoms with Crippen LogP contribution in [0, 0.1) is 13.8 Å². The summed E-state index contributed by atoms with van der Waals surface area (Å²) in [6.45, 7) is 4.05. The molecule has 0 spiro atoms. The third-order valence-corrected chi connectivity index (χ3v) is 3.81. The van der Waals surface area contributed by atoms with E-state index in [9.17, 15) is 0 Å². The second-order valence-electron chi connectivity index (χ2n) is 3.80. The number of halogens is 1. The Kier molecular flexibility index (Phi) is 3.82. The minimum Gasteiger partial charge on any atom is -0.278 e. The van der Waals surface area contributed by atoms with Gasteiger partial charge in [0.25, 0.3) is 0 Å². The zero-order valence-corrected chi connectivity index (χ0v) is 11.3. The van der Waals surface area contributed by atoms with Crippen LogP contribution in [0.1, 0.15) is 16.0 Å². The summed E-state index contributed by atoms with van der Waals surface area (Å²) in [4.78, 5) is 1.16. The van der Waals surface area contributed by atoms with Gasteiger partial charge in [-0.15, -0.1) is 11.3 Å². The molecule has 1 N–H and O–H groups in total. The van der Waals surface area contributed by atoms with Gasteiger partial charge >= 0.3 is 0 Å². The fourth-order valence-corrected chi connectivity index (χ4v) is 2.31.